The molecule has 2 aromatic rings. The highest BCUT2D eigenvalue weighted by Gasteiger charge is 2.21. The van der Waals surface area contributed by atoms with Crippen LogP contribution in [0.5, 0.6) is 0 Å². The van der Waals surface area contributed by atoms with Crippen LogP contribution in [0.15, 0.2) is 35.4 Å². The molecule has 132 valence electrons. The number of hydrogen-bond acceptors (Lipinski definition) is 4. The van der Waals surface area contributed by atoms with Gasteiger partial charge in [0.15, 0.2) is 0 Å². The van der Waals surface area contributed by atoms with Crippen LogP contribution in [0.3, 0.4) is 0 Å². The lowest BCUT2D eigenvalue weighted by Gasteiger charge is -2.17. The zero-order chi connectivity index (χ0) is 17.8. The number of carbonyl (C=O) groups excluding carboxylic acids is 1. The van der Waals surface area contributed by atoms with E-state index in [-0.39, 0.29) is 23.1 Å². The fourth-order valence-corrected chi connectivity index (χ4v) is 3.19. The van der Waals surface area contributed by atoms with Crippen molar-refractivity contribution >= 4 is 5.91 Å². The lowest BCUT2D eigenvalue weighted by Crippen LogP contribution is -2.36. The molecule has 1 aliphatic rings. The number of rotatable bonds is 5. The van der Waals surface area contributed by atoms with Gasteiger partial charge < -0.3 is 14.6 Å². The van der Waals surface area contributed by atoms with E-state index in [4.69, 9.17) is 4.74 Å². The number of hydrogen-bond donors (Lipinski definition) is 1. The Balaban J connectivity index is 1.82. The predicted molar refractivity (Wildman–Crippen MR) is 94.6 cm³/mol. The molecule has 1 N–H and O–H groups in total. The molecular weight excluding hydrogens is 318 g/mol. The Labute approximate surface area is 146 Å². The lowest BCUT2D eigenvalue weighted by molar-refractivity contribution is 0.0926. The average Bonchev–Trinajstić information content (AvgIpc) is 3.11. The molecule has 3 heterocycles. The third-order valence-electron chi connectivity index (χ3n) is 4.54. The Hall–Kier alpha value is -2.47. The molecule has 1 amide bonds. The van der Waals surface area contributed by atoms with Gasteiger partial charge in [-0.25, -0.2) is 0 Å². The van der Waals surface area contributed by atoms with Gasteiger partial charge in [0, 0.05) is 31.2 Å². The average molecular weight is 341 g/mol. The van der Waals surface area contributed by atoms with Gasteiger partial charge in [0.2, 0.25) is 0 Å². The van der Waals surface area contributed by atoms with E-state index in [1.807, 2.05) is 25.1 Å². The minimum atomic E-state index is -0.347. The molecule has 6 heteroatoms. The fourth-order valence-electron chi connectivity index (χ4n) is 3.19. The molecule has 1 atom stereocenters. The van der Waals surface area contributed by atoms with Crippen LogP contribution in [0, 0.1) is 13.8 Å². The largest absolute Gasteiger partial charge is 0.376 e. The number of amides is 1. The second kappa shape index (κ2) is 7.61. The summed E-state index contributed by atoms with van der Waals surface area (Å²) in [5.41, 5.74) is 2.44. The molecule has 3 rings (SSSR count). The third kappa shape index (κ3) is 3.96. The summed E-state index contributed by atoms with van der Waals surface area (Å²) in [7, 11) is 0. The fraction of sp³-hybridized carbons (Fsp3) is 0.421. The quantitative estimate of drug-likeness (QED) is 0.902. The van der Waals surface area contributed by atoms with Gasteiger partial charge in [0.25, 0.3) is 11.5 Å². The van der Waals surface area contributed by atoms with Crippen LogP contribution >= 0.6 is 0 Å². The first-order valence-electron chi connectivity index (χ1n) is 8.56. The molecule has 1 saturated heterocycles. The maximum Gasteiger partial charge on any atom is 0.263 e. The first-order valence-corrected chi connectivity index (χ1v) is 8.56. The number of aryl methyl sites for hydroxylation is 2. The van der Waals surface area contributed by atoms with Gasteiger partial charge in [-0.1, -0.05) is 0 Å². The molecule has 25 heavy (non-hydrogen) atoms. The van der Waals surface area contributed by atoms with Crippen LogP contribution in [-0.2, 0) is 17.8 Å². The van der Waals surface area contributed by atoms with E-state index in [9.17, 15) is 9.59 Å². The molecule has 0 aliphatic carbocycles. The van der Waals surface area contributed by atoms with E-state index >= 15 is 0 Å². The summed E-state index contributed by atoms with van der Waals surface area (Å²) in [5.74, 6) is -0.347. The van der Waals surface area contributed by atoms with Crippen molar-refractivity contribution in [3.63, 3.8) is 0 Å². The van der Waals surface area contributed by atoms with Crippen LogP contribution in [0.4, 0.5) is 0 Å². The Bertz CT molecular complexity index is 809. The highest BCUT2D eigenvalue weighted by molar-refractivity contribution is 5.95. The maximum atomic E-state index is 12.9. The first kappa shape index (κ1) is 17.4. The van der Waals surface area contributed by atoms with E-state index in [2.05, 4.69) is 10.3 Å². The van der Waals surface area contributed by atoms with Crippen molar-refractivity contribution in [1.82, 2.24) is 14.9 Å². The number of aromatic nitrogens is 2. The van der Waals surface area contributed by atoms with Crippen molar-refractivity contribution in [3.05, 3.63) is 63.3 Å². The van der Waals surface area contributed by atoms with Gasteiger partial charge in [-0.15, -0.1) is 0 Å². The molecular formula is C19H23N3O3. The van der Waals surface area contributed by atoms with E-state index in [1.165, 1.54) is 0 Å². The van der Waals surface area contributed by atoms with Crippen LogP contribution in [0.25, 0.3) is 0 Å². The van der Waals surface area contributed by atoms with Gasteiger partial charge in [0.1, 0.15) is 5.56 Å². The molecule has 6 nitrogen and oxygen atoms in total. The smallest absolute Gasteiger partial charge is 0.263 e. The van der Waals surface area contributed by atoms with Crippen LogP contribution in [0.2, 0.25) is 0 Å². The number of carbonyl (C=O) groups is 1. The van der Waals surface area contributed by atoms with Crippen molar-refractivity contribution in [2.75, 3.05) is 6.61 Å². The van der Waals surface area contributed by atoms with E-state index < -0.39 is 0 Å². The standard InChI is InChI=1S/C19H23N3O3/c1-13-10-14(2)22(12-16-4-3-9-25-16)19(24)17(13)18(23)21-11-15-5-7-20-8-6-15/h5-8,10,16H,3-4,9,11-12H2,1-2H3,(H,21,23)/t16-/m0/s1. The Kier molecular flexibility index (Phi) is 5.28. The van der Waals surface area contributed by atoms with Gasteiger partial charge in [-0.2, -0.15) is 0 Å². The molecule has 1 fully saturated rings. The molecule has 1 aliphatic heterocycles. The predicted octanol–water partition coefficient (Wildman–Crippen LogP) is 1.97. The minimum Gasteiger partial charge on any atom is -0.376 e. The van der Waals surface area contributed by atoms with Crippen molar-refractivity contribution in [3.8, 4) is 0 Å². The summed E-state index contributed by atoms with van der Waals surface area (Å²) in [6.45, 7) is 5.28. The minimum absolute atomic E-state index is 0.0480. The van der Waals surface area contributed by atoms with E-state index in [0.29, 0.717) is 18.7 Å². The Morgan fingerprint density at radius 1 is 1.36 bits per heavy atom. The molecule has 0 radical (unpaired) electrons. The molecule has 0 unspecified atom stereocenters. The highest BCUT2D eigenvalue weighted by atomic mass is 16.5. The zero-order valence-electron chi connectivity index (χ0n) is 14.6. The zero-order valence-corrected chi connectivity index (χ0v) is 14.6. The Morgan fingerprint density at radius 3 is 2.80 bits per heavy atom. The van der Waals surface area contributed by atoms with Crippen molar-refractivity contribution in [2.45, 2.75) is 45.9 Å². The normalized spacial score (nSPS) is 16.8. The molecule has 0 saturated carbocycles. The number of pyridine rings is 2. The van der Waals surface area contributed by atoms with Gasteiger partial charge >= 0.3 is 0 Å². The molecule has 2 aromatic heterocycles. The van der Waals surface area contributed by atoms with E-state index in [1.54, 1.807) is 23.9 Å². The van der Waals surface area contributed by atoms with Crippen molar-refractivity contribution in [1.29, 1.82) is 0 Å². The van der Waals surface area contributed by atoms with Crippen molar-refractivity contribution < 1.29 is 9.53 Å². The lowest BCUT2D eigenvalue weighted by atomic mass is 10.1. The summed E-state index contributed by atoms with van der Waals surface area (Å²) in [4.78, 5) is 29.4. The molecule has 0 aromatic carbocycles. The maximum absolute atomic E-state index is 12.9. The summed E-state index contributed by atoms with van der Waals surface area (Å²) in [6.07, 6.45) is 5.36. The monoisotopic (exact) mass is 341 g/mol. The van der Waals surface area contributed by atoms with Gasteiger partial charge in [-0.05, 0) is 56.0 Å². The second-order valence-electron chi connectivity index (χ2n) is 6.43. The molecule has 0 spiro atoms. The topological polar surface area (TPSA) is 73.2 Å². The summed E-state index contributed by atoms with van der Waals surface area (Å²) < 4.78 is 7.29. The van der Waals surface area contributed by atoms with Gasteiger partial charge in [-0.3, -0.25) is 14.6 Å². The number of ether oxygens (including phenoxy) is 1. The summed E-state index contributed by atoms with van der Waals surface area (Å²) in [5, 5.41) is 2.83. The first-order chi connectivity index (χ1) is 12.1. The summed E-state index contributed by atoms with van der Waals surface area (Å²) >= 11 is 0. The van der Waals surface area contributed by atoms with Crippen LogP contribution < -0.4 is 10.9 Å². The molecule has 0 bridgehead atoms. The van der Waals surface area contributed by atoms with Crippen LogP contribution in [-0.4, -0.2) is 28.2 Å². The van der Waals surface area contributed by atoms with E-state index in [0.717, 1.165) is 30.7 Å². The van der Waals surface area contributed by atoms with Gasteiger partial charge in [0.05, 0.1) is 12.6 Å². The number of nitrogens with zero attached hydrogens (tertiary/aromatic N) is 2. The third-order valence-corrected chi connectivity index (χ3v) is 4.54. The number of nitrogens with one attached hydrogen (secondary N) is 1. The van der Waals surface area contributed by atoms with Crippen molar-refractivity contribution in [2.24, 2.45) is 0 Å². The SMILES string of the molecule is Cc1cc(C)n(C[C@@H]2CCCO2)c(=O)c1C(=O)NCc1ccncc1. The second-order valence-corrected chi connectivity index (χ2v) is 6.43. The van der Waals surface area contributed by atoms with Crippen LogP contribution in [0.1, 0.15) is 40.0 Å². The highest BCUT2D eigenvalue weighted by Crippen LogP contribution is 2.15. The Morgan fingerprint density at radius 2 is 2.12 bits per heavy atom. The summed E-state index contributed by atoms with van der Waals surface area (Å²) in [6, 6.07) is 5.55.